The molecule has 0 fully saturated rings. The van der Waals surface area contributed by atoms with Gasteiger partial charge in [0.2, 0.25) is 0 Å². The van der Waals surface area contributed by atoms with E-state index in [9.17, 15) is 0 Å². The van der Waals surface area contributed by atoms with Gasteiger partial charge in [-0.05, 0) is 56.9 Å². The van der Waals surface area contributed by atoms with Crippen molar-refractivity contribution in [1.82, 2.24) is 4.98 Å². The molecule has 0 saturated heterocycles. The molecular formula is C25H35N3. The van der Waals surface area contributed by atoms with Crippen molar-refractivity contribution in [3.63, 3.8) is 0 Å². The Kier molecular flexibility index (Phi) is 5.61. The van der Waals surface area contributed by atoms with Gasteiger partial charge in [-0.25, -0.2) is 4.98 Å². The summed E-state index contributed by atoms with van der Waals surface area (Å²) in [7, 11) is 0. The van der Waals surface area contributed by atoms with Crippen molar-refractivity contribution < 1.29 is 0 Å². The summed E-state index contributed by atoms with van der Waals surface area (Å²) in [5.74, 6) is 1.51. The van der Waals surface area contributed by atoms with Crippen LogP contribution in [0.2, 0.25) is 0 Å². The monoisotopic (exact) mass is 377 g/mol. The molecule has 1 aromatic heterocycles. The molecule has 0 spiro atoms. The predicted molar refractivity (Wildman–Crippen MR) is 120 cm³/mol. The molecule has 2 heterocycles. The number of aromatic nitrogens is 1. The van der Waals surface area contributed by atoms with Crippen LogP contribution in [0.3, 0.4) is 0 Å². The molecule has 3 heteroatoms. The number of fused-ring (bicyclic) bond motifs is 4. The minimum absolute atomic E-state index is 0.355. The molecule has 4 rings (SSSR count). The first-order chi connectivity index (χ1) is 13.6. The van der Waals surface area contributed by atoms with Crippen LogP contribution in [0.5, 0.6) is 0 Å². The van der Waals surface area contributed by atoms with Crippen LogP contribution in [0.4, 0.5) is 11.5 Å². The smallest absolute Gasteiger partial charge is 0.135 e. The number of nitrogens with two attached hydrogens (primary N) is 1. The summed E-state index contributed by atoms with van der Waals surface area (Å²) in [6, 6.07) is 0.364. The highest BCUT2D eigenvalue weighted by Gasteiger charge is 2.41. The molecule has 0 aromatic carbocycles. The molecule has 3 aliphatic rings. The standard InChI is InChI=1S/C25H35N3/c1-4-9-17(3)10-8-15-28-22-14-13-18(5-2)16-20(22)23-24(26)19-11-6-7-12-21(19)27-25(23)28/h13-14,16,20,22H,3-12,15H2,1-2H3,(H2,26,27). The largest absolute Gasteiger partial charge is 0.398 e. The number of allylic oxidation sites excluding steroid dienone is 3. The molecule has 1 aromatic rings. The van der Waals surface area contributed by atoms with Crippen molar-refractivity contribution in [2.75, 3.05) is 17.2 Å². The van der Waals surface area contributed by atoms with E-state index in [4.69, 9.17) is 10.7 Å². The lowest BCUT2D eigenvalue weighted by molar-refractivity contribution is 0.634. The summed E-state index contributed by atoms with van der Waals surface area (Å²) < 4.78 is 0. The molecule has 0 saturated carbocycles. The van der Waals surface area contributed by atoms with Crippen molar-refractivity contribution in [2.45, 2.75) is 83.6 Å². The van der Waals surface area contributed by atoms with Gasteiger partial charge < -0.3 is 10.6 Å². The summed E-state index contributed by atoms with van der Waals surface area (Å²) >= 11 is 0. The van der Waals surface area contributed by atoms with E-state index < -0.39 is 0 Å². The highest BCUT2D eigenvalue weighted by atomic mass is 15.2. The second-order valence-corrected chi connectivity index (χ2v) is 8.66. The molecule has 0 radical (unpaired) electrons. The molecule has 1 aliphatic heterocycles. The summed E-state index contributed by atoms with van der Waals surface area (Å²) in [5, 5.41) is 0. The van der Waals surface area contributed by atoms with Crippen LogP contribution >= 0.6 is 0 Å². The van der Waals surface area contributed by atoms with Gasteiger partial charge in [-0.2, -0.15) is 0 Å². The summed E-state index contributed by atoms with van der Waals surface area (Å²) in [6.07, 6.45) is 17.5. The Morgan fingerprint density at radius 3 is 2.86 bits per heavy atom. The normalized spacial score (nSPS) is 22.5. The number of nitrogen functional groups attached to an aromatic ring is 1. The Morgan fingerprint density at radius 2 is 2.07 bits per heavy atom. The summed E-state index contributed by atoms with van der Waals surface area (Å²) in [6.45, 7) is 9.74. The van der Waals surface area contributed by atoms with Crippen LogP contribution < -0.4 is 10.6 Å². The Balaban J connectivity index is 1.67. The molecule has 3 nitrogen and oxygen atoms in total. The third-order valence-electron chi connectivity index (χ3n) is 6.71. The number of pyridine rings is 1. The lowest BCUT2D eigenvalue weighted by Gasteiger charge is -2.29. The minimum atomic E-state index is 0.355. The second kappa shape index (κ2) is 8.14. The van der Waals surface area contributed by atoms with Gasteiger partial charge in [0.25, 0.3) is 0 Å². The van der Waals surface area contributed by atoms with Crippen LogP contribution in [0.25, 0.3) is 0 Å². The van der Waals surface area contributed by atoms with E-state index in [1.54, 1.807) is 0 Å². The molecule has 2 aliphatic carbocycles. The molecule has 2 unspecified atom stereocenters. The molecular weight excluding hydrogens is 342 g/mol. The van der Waals surface area contributed by atoms with Gasteiger partial charge in [0.1, 0.15) is 5.82 Å². The van der Waals surface area contributed by atoms with Crippen molar-refractivity contribution in [1.29, 1.82) is 0 Å². The van der Waals surface area contributed by atoms with E-state index in [2.05, 4.69) is 43.6 Å². The SMILES string of the molecule is C=C(CCC)CCCN1c2nc3c(c(N)c2C2C=C(CC)C=CC21)CCCC3. The van der Waals surface area contributed by atoms with Crippen LogP contribution in [-0.4, -0.2) is 17.6 Å². The zero-order valence-electron chi connectivity index (χ0n) is 17.6. The van der Waals surface area contributed by atoms with E-state index >= 15 is 0 Å². The van der Waals surface area contributed by atoms with E-state index in [0.717, 1.165) is 56.6 Å². The highest BCUT2D eigenvalue weighted by molar-refractivity contribution is 5.74. The molecule has 0 bridgehead atoms. The molecule has 2 N–H and O–H groups in total. The first-order valence-corrected chi connectivity index (χ1v) is 11.3. The van der Waals surface area contributed by atoms with Gasteiger partial charge in [0, 0.05) is 29.4 Å². The van der Waals surface area contributed by atoms with Gasteiger partial charge in [-0.15, -0.1) is 0 Å². The first-order valence-electron chi connectivity index (χ1n) is 11.3. The number of nitrogens with zero attached hydrogens (tertiary/aromatic N) is 2. The van der Waals surface area contributed by atoms with Crippen molar-refractivity contribution in [2.24, 2.45) is 0 Å². The number of hydrogen-bond donors (Lipinski definition) is 1. The Hall–Kier alpha value is -2.03. The summed E-state index contributed by atoms with van der Waals surface area (Å²) in [4.78, 5) is 7.74. The fraction of sp³-hybridized carbons (Fsp3) is 0.560. The van der Waals surface area contributed by atoms with Gasteiger partial charge in [-0.3, -0.25) is 0 Å². The van der Waals surface area contributed by atoms with Gasteiger partial charge in [0.05, 0.1) is 6.04 Å². The van der Waals surface area contributed by atoms with E-state index in [1.165, 1.54) is 47.2 Å². The van der Waals surface area contributed by atoms with Crippen LogP contribution in [0.1, 0.15) is 81.5 Å². The first kappa shape index (κ1) is 19.3. The molecule has 2 atom stereocenters. The zero-order chi connectivity index (χ0) is 19.7. The number of aryl methyl sites for hydroxylation is 1. The number of anilines is 2. The van der Waals surface area contributed by atoms with Gasteiger partial charge in [0.15, 0.2) is 0 Å². The van der Waals surface area contributed by atoms with E-state index in [-0.39, 0.29) is 0 Å². The highest BCUT2D eigenvalue weighted by Crippen LogP contribution is 2.49. The Bertz CT molecular complexity index is 818. The second-order valence-electron chi connectivity index (χ2n) is 8.66. The van der Waals surface area contributed by atoms with Crippen molar-refractivity contribution >= 4 is 11.5 Å². The topological polar surface area (TPSA) is 42.2 Å². The number of hydrogen-bond acceptors (Lipinski definition) is 3. The van der Waals surface area contributed by atoms with Gasteiger partial charge >= 0.3 is 0 Å². The zero-order valence-corrected chi connectivity index (χ0v) is 17.6. The van der Waals surface area contributed by atoms with Crippen molar-refractivity contribution in [3.05, 3.63) is 52.8 Å². The third-order valence-corrected chi connectivity index (χ3v) is 6.71. The lowest BCUT2D eigenvalue weighted by atomic mass is 9.85. The molecule has 150 valence electrons. The van der Waals surface area contributed by atoms with E-state index in [1.807, 2.05) is 0 Å². The quantitative estimate of drug-likeness (QED) is 0.605. The van der Waals surface area contributed by atoms with Gasteiger partial charge in [-0.1, -0.05) is 56.2 Å². The maximum Gasteiger partial charge on any atom is 0.135 e. The Labute approximate surface area is 170 Å². The predicted octanol–water partition coefficient (Wildman–Crippen LogP) is 5.86. The van der Waals surface area contributed by atoms with Crippen LogP contribution in [0.15, 0.2) is 36.0 Å². The van der Waals surface area contributed by atoms with E-state index in [0.29, 0.717) is 12.0 Å². The number of rotatable bonds is 7. The average molecular weight is 378 g/mol. The maximum atomic E-state index is 6.79. The lowest BCUT2D eigenvalue weighted by Crippen LogP contribution is -2.34. The maximum absolute atomic E-state index is 6.79. The minimum Gasteiger partial charge on any atom is -0.398 e. The fourth-order valence-electron chi connectivity index (χ4n) is 5.21. The van der Waals surface area contributed by atoms with Crippen LogP contribution in [-0.2, 0) is 12.8 Å². The Morgan fingerprint density at radius 1 is 1.25 bits per heavy atom. The van der Waals surface area contributed by atoms with Crippen molar-refractivity contribution in [3.8, 4) is 0 Å². The average Bonchev–Trinajstić information content (AvgIpc) is 3.01. The fourth-order valence-corrected chi connectivity index (χ4v) is 5.21. The third kappa shape index (κ3) is 3.40. The van der Waals surface area contributed by atoms with Crippen LogP contribution in [0, 0.1) is 0 Å². The summed E-state index contributed by atoms with van der Waals surface area (Å²) in [5.41, 5.74) is 14.5. The molecule has 0 amide bonds. The molecule has 28 heavy (non-hydrogen) atoms.